The lowest BCUT2D eigenvalue weighted by Gasteiger charge is -2.28. The first-order valence-electron chi connectivity index (χ1n) is 9.51. The van der Waals surface area contributed by atoms with Crippen molar-refractivity contribution in [2.45, 2.75) is 36.2 Å². The molecule has 1 aliphatic rings. The number of imidazole rings is 1. The Bertz CT molecular complexity index is 906. The van der Waals surface area contributed by atoms with E-state index in [2.05, 4.69) is 4.98 Å². The number of aryl methyl sites for hydroxylation is 1. The first kappa shape index (κ1) is 20.4. The van der Waals surface area contributed by atoms with Crippen LogP contribution in [0.3, 0.4) is 0 Å². The number of nitrogens with zero attached hydrogens (tertiary/aromatic N) is 2. The van der Waals surface area contributed by atoms with Gasteiger partial charge in [0.25, 0.3) is 0 Å². The molecule has 4 nitrogen and oxygen atoms in total. The largest absolute Gasteiger partial charge is 0.345 e. The molecule has 0 radical (unpaired) electrons. The zero-order valence-electron chi connectivity index (χ0n) is 15.8. The molecule has 0 spiro atoms. The summed E-state index contributed by atoms with van der Waals surface area (Å²) in [4.78, 5) is 5.14. The predicted octanol–water partition coefficient (Wildman–Crippen LogP) is 5.21. The van der Waals surface area contributed by atoms with Gasteiger partial charge in [-0.1, -0.05) is 23.7 Å². The van der Waals surface area contributed by atoms with Gasteiger partial charge in [0.15, 0.2) is 5.79 Å². The van der Waals surface area contributed by atoms with E-state index in [0.717, 1.165) is 28.5 Å². The number of rotatable bonds is 8. The Kier molecular flexibility index (Phi) is 6.55. The number of benzene rings is 2. The van der Waals surface area contributed by atoms with E-state index < -0.39 is 5.79 Å². The lowest BCUT2D eigenvalue weighted by Crippen LogP contribution is -2.37. The molecule has 4 rings (SSSR count). The van der Waals surface area contributed by atoms with Gasteiger partial charge in [-0.15, -0.1) is 11.8 Å². The van der Waals surface area contributed by atoms with Crippen molar-refractivity contribution in [1.29, 1.82) is 0 Å². The normalized spacial score (nSPS) is 21.5. The summed E-state index contributed by atoms with van der Waals surface area (Å²) in [5.41, 5.74) is 1.19. The van der Waals surface area contributed by atoms with Crippen LogP contribution in [0.25, 0.3) is 0 Å². The van der Waals surface area contributed by atoms with E-state index >= 15 is 0 Å². The van der Waals surface area contributed by atoms with E-state index in [1.165, 1.54) is 17.7 Å². The van der Waals surface area contributed by atoms with E-state index in [-0.39, 0.29) is 11.9 Å². The Balaban J connectivity index is 1.40. The van der Waals surface area contributed by atoms with Gasteiger partial charge in [0.05, 0.1) is 25.6 Å². The van der Waals surface area contributed by atoms with Gasteiger partial charge in [-0.3, -0.25) is 0 Å². The van der Waals surface area contributed by atoms with Crippen LogP contribution in [0.1, 0.15) is 12.0 Å². The number of hydrogen-bond donors (Lipinski definition) is 0. The van der Waals surface area contributed by atoms with Crippen LogP contribution in [0, 0.1) is 5.82 Å². The van der Waals surface area contributed by atoms with Crippen molar-refractivity contribution in [2.75, 3.05) is 12.4 Å². The second-order valence-corrected chi connectivity index (χ2v) is 8.62. The van der Waals surface area contributed by atoms with Crippen LogP contribution in [0.4, 0.5) is 4.39 Å². The van der Waals surface area contributed by atoms with Gasteiger partial charge in [0, 0.05) is 34.5 Å². The summed E-state index contributed by atoms with van der Waals surface area (Å²) < 4.78 is 27.7. The molecule has 0 N–H and O–H groups in total. The molecule has 2 heterocycles. The van der Waals surface area contributed by atoms with Gasteiger partial charge in [-0.25, -0.2) is 9.37 Å². The minimum absolute atomic E-state index is 0.0289. The Morgan fingerprint density at radius 1 is 1.17 bits per heavy atom. The monoisotopic (exact) mass is 432 g/mol. The number of thioether (sulfide) groups is 1. The van der Waals surface area contributed by atoms with Crippen molar-refractivity contribution in [3.63, 3.8) is 0 Å². The summed E-state index contributed by atoms with van der Waals surface area (Å²) in [5, 5.41) is 0.730. The molecule has 1 aromatic heterocycles. The molecule has 1 saturated heterocycles. The Morgan fingerprint density at radius 3 is 2.69 bits per heavy atom. The number of hydrogen-bond acceptors (Lipinski definition) is 4. The quantitative estimate of drug-likeness (QED) is 0.458. The van der Waals surface area contributed by atoms with E-state index in [1.54, 1.807) is 36.4 Å². The maximum atomic E-state index is 13.1. The van der Waals surface area contributed by atoms with Crippen molar-refractivity contribution >= 4 is 23.4 Å². The number of halogens is 2. The average Bonchev–Trinajstić information content (AvgIpc) is 3.38. The molecule has 0 amide bonds. The zero-order valence-corrected chi connectivity index (χ0v) is 17.4. The van der Waals surface area contributed by atoms with E-state index in [9.17, 15) is 4.39 Å². The van der Waals surface area contributed by atoms with Crippen LogP contribution < -0.4 is 0 Å². The predicted molar refractivity (Wildman–Crippen MR) is 113 cm³/mol. The lowest BCUT2D eigenvalue weighted by atomic mass is 10.0. The van der Waals surface area contributed by atoms with Gasteiger partial charge in [-0.05, 0) is 48.4 Å². The smallest absolute Gasteiger partial charge is 0.187 e. The molecule has 2 aromatic carbocycles. The third-order valence-electron chi connectivity index (χ3n) is 4.85. The maximum absolute atomic E-state index is 13.1. The first-order valence-corrected chi connectivity index (χ1v) is 10.9. The summed E-state index contributed by atoms with van der Waals surface area (Å²) in [6.07, 6.45) is 6.96. The molecular formula is C22H22ClFN2O2S. The van der Waals surface area contributed by atoms with Crippen molar-refractivity contribution in [2.24, 2.45) is 0 Å². The molecule has 0 unspecified atom stereocenters. The molecule has 7 heteroatoms. The molecule has 0 aliphatic carbocycles. The molecule has 3 aromatic rings. The molecule has 1 aliphatic heterocycles. The van der Waals surface area contributed by atoms with Crippen LogP contribution in [-0.2, 0) is 22.4 Å². The topological polar surface area (TPSA) is 36.3 Å². The molecule has 29 heavy (non-hydrogen) atoms. The average molecular weight is 433 g/mol. The molecule has 1 fully saturated rings. The third kappa shape index (κ3) is 5.60. The minimum atomic E-state index is -0.700. The van der Waals surface area contributed by atoms with E-state index in [0.29, 0.717) is 13.2 Å². The highest BCUT2D eigenvalue weighted by atomic mass is 35.5. The van der Waals surface area contributed by atoms with Crippen LogP contribution >= 0.6 is 23.4 Å². The summed E-state index contributed by atoms with van der Waals surface area (Å²) in [6, 6.07) is 14.4. The van der Waals surface area contributed by atoms with E-state index in [1.807, 2.05) is 35.0 Å². The van der Waals surface area contributed by atoms with Crippen molar-refractivity contribution in [3.05, 3.63) is 83.7 Å². The molecule has 2 atom stereocenters. The SMILES string of the molecule is Fc1ccc(SC[C@@H]2CO[C@@](CCc3ccc(Cl)cc3)(Cn3ccnc3)O2)cc1. The van der Waals surface area contributed by atoms with Gasteiger partial charge in [0.1, 0.15) is 5.82 Å². The van der Waals surface area contributed by atoms with Gasteiger partial charge >= 0.3 is 0 Å². The summed E-state index contributed by atoms with van der Waals surface area (Å²) >= 11 is 7.64. The standard InChI is InChI=1S/C22H22ClFN2O2S/c23-18-3-1-17(2-4-18)9-10-22(15-26-12-11-25-16-26)27-13-20(28-22)14-29-21-7-5-19(24)6-8-21/h1-8,11-12,16,20H,9-10,13-15H2/t20-,22+/m0/s1. The molecule has 0 saturated carbocycles. The van der Waals surface area contributed by atoms with Crippen LogP contribution in [0.5, 0.6) is 0 Å². The Hall–Kier alpha value is -1.86. The fourth-order valence-electron chi connectivity index (χ4n) is 3.36. The fraction of sp³-hybridized carbons (Fsp3) is 0.318. The van der Waals surface area contributed by atoms with Crippen molar-refractivity contribution in [3.8, 4) is 0 Å². The zero-order chi connectivity index (χ0) is 20.1. The highest BCUT2D eigenvalue weighted by Crippen LogP contribution is 2.33. The number of aromatic nitrogens is 2. The van der Waals surface area contributed by atoms with Gasteiger partial charge in [0.2, 0.25) is 0 Å². The van der Waals surface area contributed by atoms with Gasteiger partial charge in [-0.2, -0.15) is 0 Å². The molecule has 152 valence electrons. The Labute approximate surface area is 179 Å². The van der Waals surface area contributed by atoms with Crippen LogP contribution in [-0.4, -0.2) is 33.8 Å². The second-order valence-electron chi connectivity index (χ2n) is 7.09. The Morgan fingerprint density at radius 2 is 1.97 bits per heavy atom. The maximum Gasteiger partial charge on any atom is 0.187 e. The highest BCUT2D eigenvalue weighted by molar-refractivity contribution is 7.99. The number of ether oxygens (including phenoxy) is 2. The minimum Gasteiger partial charge on any atom is -0.345 e. The molecular weight excluding hydrogens is 411 g/mol. The van der Waals surface area contributed by atoms with Crippen LogP contribution in [0.15, 0.2) is 72.1 Å². The first-order chi connectivity index (χ1) is 14.1. The summed E-state index contributed by atoms with van der Waals surface area (Å²) in [5.74, 6) is -0.177. The lowest BCUT2D eigenvalue weighted by molar-refractivity contribution is -0.180. The second kappa shape index (κ2) is 9.30. The van der Waals surface area contributed by atoms with Gasteiger partial charge < -0.3 is 14.0 Å². The third-order valence-corrected chi connectivity index (χ3v) is 6.25. The molecule has 0 bridgehead atoms. The highest BCUT2D eigenvalue weighted by Gasteiger charge is 2.41. The van der Waals surface area contributed by atoms with Crippen molar-refractivity contribution in [1.82, 2.24) is 9.55 Å². The van der Waals surface area contributed by atoms with Crippen molar-refractivity contribution < 1.29 is 13.9 Å². The van der Waals surface area contributed by atoms with E-state index in [4.69, 9.17) is 21.1 Å². The summed E-state index contributed by atoms with van der Waals surface area (Å²) in [6.45, 7) is 1.11. The summed E-state index contributed by atoms with van der Waals surface area (Å²) in [7, 11) is 0. The fourth-order valence-corrected chi connectivity index (χ4v) is 4.35. The van der Waals surface area contributed by atoms with Crippen LogP contribution in [0.2, 0.25) is 5.02 Å².